The number of nitrogens with zero attached hydrogens (tertiary/aromatic N) is 2. The second kappa shape index (κ2) is 8.04. The van der Waals surface area contributed by atoms with E-state index < -0.39 is 6.09 Å². The van der Waals surface area contributed by atoms with Gasteiger partial charge in [-0.1, -0.05) is 12.1 Å². The van der Waals surface area contributed by atoms with Crippen LogP contribution in [0.5, 0.6) is 0 Å². The molecule has 1 aromatic carbocycles. The molecule has 0 bridgehead atoms. The number of carbonyl (C=O) groups is 2. The summed E-state index contributed by atoms with van der Waals surface area (Å²) < 4.78 is 5.19. The van der Waals surface area contributed by atoms with E-state index >= 15 is 0 Å². The van der Waals surface area contributed by atoms with Crippen LogP contribution in [-0.2, 0) is 16.1 Å². The average Bonchev–Trinajstić information content (AvgIpc) is 2.50. The number of amides is 2. The van der Waals surface area contributed by atoms with Gasteiger partial charge in [-0.15, -0.1) is 0 Å². The summed E-state index contributed by atoms with van der Waals surface area (Å²) in [4.78, 5) is 25.1. The molecule has 6 heteroatoms. The average molecular weight is 279 g/mol. The molecule has 0 fully saturated rings. The SMILES string of the molecule is CNc1ccc(COC(=O)N(C)CCN(C)C=O)cc1. The molecular weight excluding hydrogens is 258 g/mol. The summed E-state index contributed by atoms with van der Waals surface area (Å²) in [5.41, 5.74) is 1.94. The van der Waals surface area contributed by atoms with Crippen molar-refractivity contribution in [2.24, 2.45) is 0 Å². The van der Waals surface area contributed by atoms with Gasteiger partial charge in [0.15, 0.2) is 0 Å². The van der Waals surface area contributed by atoms with Crippen LogP contribution in [0.15, 0.2) is 24.3 Å². The van der Waals surface area contributed by atoms with Gasteiger partial charge in [-0.05, 0) is 17.7 Å². The Balaban J connectivity index is 2.35. The Bertz CT molecular complexity index is 434. The van der Waals surface area contributed by atoms with Crippen LogP contribution in [0.1, 0.15) is 5.56 Å². The highest BCUT2D eigenvalue weighted by Gasteiger charge is 2.10. The third-order valence-corrected chi connectivity index (χ3v) is 2.88. The molecule has 1 aromatic rings. The van der Waals surface area contributed by atoms with Crippen LogP contribution in [0, 0.1) is 0 Å². The van der Waals surface area contributed by atoms with E-state index in [4.69, 9.17) is 4.74 Å². The second-order valence-corrected chi connectivity index (χ2v) is 4.51. The molecule has 0 aliphatic carbocycles. The van der Waals surface area contributed by atoms with E-state index in [-0.39, 0.29) is 6.61 Å². The predicted octanol–water partition coefficient (Wildman–Crippen LogP) is 1.38. The summed E-state index contributed by atoms with van der Waals surface area (Å²) in [6, 6.07) is 7.65. The van der Waals surface area contributed by atoms with E-state index in [2.05, 4.69) is 5.32 Å². The van der Waals surface area contributed by atoms with Gasteiger partial charge in [0.1, 0.15) is 6.61 Å². The van der Waals surface area contributed by atoms with Crippen LogP contribution in [0.3, 0.4) is 0 Å². The summed E-state index contributed by atoms with van der Waals surface area (Å²) >= 11 is 0. The fraction of sp³-hybridized carbons (Fsp3) is 0.429. The van der Waals surface area contributed by atoms with Gasteiger partial charge in [-0.2, -0.15) is 0 Å². The fourth-order valence-corrected chi connectivity index (χ4v) is 1.47. The largest absolute Gasteiger partial charge is 0.445 e. The first-order valence-corrected chi connectivity index (χ1v) is 6.37. The Morgan fingerprint density at radius 1 is 1.25 bits per heavy atom. The number of nitrogens with one attached hydrogen (secondary N) is 1. The van der Waals surface area contributed by atoms with Crippen molar-refractivity contribution in [2.45, 2.75) is 6.61 Å². The van der Waals surface area contributed by atoms with Crippen molar-refractivity contribution < 1.29 is 14.3 Å². The van der Waals surface area contributed by atoms with E-state index in [9.17, 15) is 9.59 Å². The van der Waals surface area contributed by atoms with Gasteiger partial charge in [0.25, 0.3) is 0 Å². The molecule has 0 saturated heterocycles. The highest BCUT2D eigenvalue weighted by atomic mass is 16.6. The molecule has 20 heavy (non-hydrogen) atoms. The summed E-state index contributed by atoms with van der Waals surface area (Å²) in [6.45, 7) is 1.15. The maximum absolute atomic E-state index is 11.7. The summed E-state index contributed by atoms with van der Waals surface area (Å²) in [5.74, 6) is 0. The number of likely N-dealkylation sites (N-methyl/N-ethyl adjacent to an activating group) is 2. The van der Waals surface area contributed by atoms with Gasteiger partial charge < -0.3 is 19.9 Å². The number of anilines is 1. The zero-order valence-electron chi connectivity index (χ0n) is 12.1. The molecule has 0 unspecified atom stereocenters. The number of ether oxygens (including phenoxy) is 1. The topological polar surface area (TPSA) is 61.9 Å². The van der Waals surface area contributed by atoms with Crippen LogP contribution in [0.4, 0.5) is 10.5 Å². The Kier molecular flexibility index (Phi) is 6.36. The third-order valence-electron chi connectivity index (χ3n) is 2.88. The van der Waals surface area contributed by atoms with Crippen molar-refractivity contribution in [3.05, 3.63) is 29.8 Å². The molecule has 6 nitrogen and oxygen atoms in total. The maximum Gasteiger partial charge on any atom is 0.409 e. The van der Waals surface area contributed by atoms with Gasteiger partial charge in [-0.3, -0.25) is 4.79 Å². The van der Waals surface area contributed by atoms with Gasteiger partial charge >= 0.3 is 6.09 Å². The lowest BCUT2D eigenvalue weighted by Crippen LogP contribution is -2.34. The smallest absolute Gasteiger partial charge is 0.409 e. The van der Waals surface area contributed by atoms with Gasteiger partial charge in [0.05, 0.1) is 0 Å². The number of benzene rings is 1. The predicted molar refractivity (Wildman–Crippen MR) is 77.5 cm³/mol. The Hall–Kier alpha value is -2.24. The maximum atomic E-state index is 11.7. The first-order valence-electron chi connectivity index (χ1n) is 6.37. The summed E-state index contributed by atoms with van der Waals surface area (Å²) in [7, 11) is 5.15. The van der Waals surface area contributed by atoms with Crippen molar-refractivity contribution >= 4 is 18.2 Å². The van der Waals surface area contributed by atoms with Crippen LogP contribution in [-0.4, -0.2) is 56.5 Å². The quantitative estimate of drug-likeness (QED) is 0.766. The first-order chi connectivity index (χ1) is 9.56. The van der Waals surface area contributed by atoms with E-state index in [1.165, 1.54) is 9.80 Å². The Labute approximate surface area is 119 Å². The van der Waals surface area contributed by atoms with E-state index in [0.29, 0.717) is 13.1 Å². The van der Waals surface area contributed by atoms with Crippen molar-refractivity contribution in [3.63, 3.8) is 0 Å². The first kappa shape index (κ1) is 15.8. The van der Waals surface area contributed by atoms with E-state index in [0.717, 1.165) is 17.7 Å². The normalized spacial score (nSPS) is 9.75. The fourth-order valence-electron chi connectivity index (χ4n) is 1.47. The van der Waals surface area contributed by atoms with Gasteiger partial charge in [-0.25, -0.2) is 4.79 Å². The zero-order chi connectivity index (χ0) is 15.0. The summed E-state index contributed by atoms with van der Waals surface area (Å²) in [5, 5.41) is 3.02. The highest BCUT2D eigenvalue weighted by molar-refractivity contribution is 5.67. The molecular formula is C14H21N3O3. The van der Waals surface area contributed by atoms with Crippen LogP contribution in [0.2, 0.25) is 0 Å². The molecule has 0 radical (unpaired) electrons. The molecule has 0 saturated carbocycles. The minimum atomic E-state index is -0.401. The number of hydrogen-bond acceptors (Lipinski definition) is 4. The van der Waals surface area contributed by atoms with Crippen molar-refractivity contribution in [1.29, 1.82) is 0 Å². The lowest BCUT2D eigenvalue weighted by molar-refractivity contribution is -0.117. The Morgan fingerprint density at radius 2 is 1.90 bits per heavy atom. The second-order valence-electron chi connectivity index (χ2n) is 4.51. The van der Waals surface area contributed by atoms with Gasteiger partial charge in [0.2, 0.25) is 6.41 Å². The highest BCUT2D eigenvalue weighted by Crippen LogP contribution is 2.09. The molecule has 1 rings (SSSR count). The lowest BCUT2D eigenvalue weighted by Gasteiger charge is -2.19. The molecule has 0 aromatic heterocycles. The minimum Gasteiger partial charge on any atom is -0.445 e. The van der Waals surface area contributed by atoms with Crippen molar-refractivity contribution in [1.82, 2.24) is 9.80 Å². The molecule has 2 amide bonds. The molecule has 110 valence electrons. The number of rotatable bonds is 7. The molecule has 0 spiro atoms. The Morgan fingerprint density at radius 3 is 2.45 bits per heavy atom. The third kappa shape index (κ3) is 5.17. The van der Waals surface area contributed by atoms with Gasteiger partial charge in [0, 0.05) is 39.9 Å². The lowest BCUT2D eigenvalue weighted by atomic mass is 10.2. The minimum absolute atomic E-state index is 0.233. The molecule has 1 N–H and O–H groups in total. The molecule has 0 atom stereocenters. The van der Waals surface area contributed by atoms with Crippen molar-refractivity contribution in [3.8, 4) is 0 Å². The van der Waals surface area contributed by atoms with Crippen LogP contribution >= 0.6 is 0 Å². The van der Waals surface area contributed by atoms with Crippen molar-refractivity contribution in [2.75, 3.05) is 39.5 Å². The summed E-state index contributed by atoms with van der Waals surface area (Å²) in [6.07, 6.45) is 0.324. The number of hydrogen-bond donors (Lipinski definition) is 1. The van der Waals surface area contributed by atoms with E-state index in [1.807, 2.05) is 31.3 Å². The monoisotopic (exact) mass is 279 g/mol. The molecule has 0 heterocycles. The van der Waals surface area contributed by atoms with Crippen LogP contribution < -0.4 is 5.32 Å². The molecule has 0 aliphatic heterocycles. The zero-order valence-corrected chi connectivity index (χ0v) is 12.1. The standard InChI is InChI=1S/C14H21N3O3/c1-15-13-6-4-12(5-7-13)10-20-14(19)17(3)9-8-16(2)11-18/h4-7,11,15H,8-10H2,1-3H3. The van der Waals surface area contributed by atoms with E-state index in [1.54, 1.807) is 14.1 Å². The number of carbonyl (C=O) groups excluding carboxylic acids is 2. The molecule has 0 aliphatic rings. The van der Waals surface area contributed by atoms with Crippen LogP contribution in [0.25, 0.3) is 0 Å².